The highest BCUT2D eigenvalue weighted by Gasteiger charge is 2.32. The van der Waals surface area contributed by atoms with Gasteiger partial charge >= 0.3 is 6.18 Å². The number of alkyl halides is 3. The van der Waals surface area contributed by atoms with Crippen LogP contribution in [0.5, 0.6) is 0 Å². The molecule has 1 aromatic carbocycles. The Labute approximate surface area is 96.8 Å². The zero-order valence-electron chi connectivity index (χ0n) is 9.15. The molecule has 1 heterocycles. The van der Waals surface area contributed by atoms with Crippen molar-refractivity contribution in [1.29, 1.82) is 0 Å². The summed E-state index contributed by atoms with van der Waals surface area (Å²) in [6.07, 6.45) is -1.78. The average Bonchev–Trinajstić information content (AvgIpc) is 2.28. The molecule has 0 spiro atoms. The van der Waals surface area contributed by atoms with E-state index in [0.717, 1.165) is 31.9 Å². The number of benzene rings is 1. The van der Waals surface area contributed by atoms with E-state index >= 15 is 0 Å². The van der Waals surface area contributed by atoms with Gasteiger partial charge in [0, 0.05) is 6.04 Å². The van der Waals surface area contributed by atoms with Crippen LogP contribution >= 0.6 is 0 Å². The molecule has 2 rings (SSSR count). The zero-order valence-corrected chi connectivity index (χ0v) is 9.15. The van der Waals surface area contributed by atoms with E-state index in [9.17, 15) is 17.6 Å². The molecule has 1 aliphatic rings. The molecule has 1 nitrogen and oxygen atoms in total. The van der Waals surface area contributed by atoms with E-state index in [1.54, 1.807) is 0 Å². The molecule has 0 bridgehead atoms. The first kappa shape index (κ1) is 12.4. The second-order valence-electron chi connectivity index (χ2n) is 4.27. The maximum absolute atomic E-state index is 13.2. The predicted molar refractivity (Wildman–Crippen MR) is 56.0 cm³/mol. The highest BCUT2D eigenvalue weighted by atomic mass is 19.4. The molecule has 0 amide bonds. The Morgan fingerprint density at radius 3 is 2.47 bits per heavy atom. The molecule has 17 heavy (non-hydrogen) atoms. The van der Waals surface area contributed by atoms with Crippen LogP contribution in [0.15, 0.2) is 18.2 Å². The molecule has 1 saturated heterocycles. The van der Waals surface area contributed by atoms with Gasteiger partial charge < -0.3 is 5.32 Å². The lowest BCUT2D eigenvalue weighted by Crippen LogP contribution is -2.27. The molecule has 0 aliphatic carbocycles. The lowest BCUT2D eigenvalue weighted by molar-refractivity contribution is -0.137. The first-order chi connectivity index (χ1) is 7.97. The molecule has 5 heteroatoms. The van der Waals surface area contributed by atoms with E-state index < -0.39 is 17.6 Å². The molecule has 1 aliphatic heterocycles. The van der Waals surface area contributed by atoms with Gasteiger partial charge in [-0.15, -0.1) is 0 Å². The SMILES string of the molecule is Fc1cc([C@@H]2CCCCN2)cc(C(F)(F)F)c1. The molecule has 1 aromatic rings. The van der Waals surface area contributed by atoms with Crippen molar-refractivity contribution in [3.8, 4) is 0 Å². The van der Waals surface area contributed by atoms with Crippen molar-refractivity contribution in [2.75, 3.05) is 6.54 Å². The maximum Gasteiger partial charge on any atom is 0.416 e. The van der Waals surface area contributed by atoms with Crippen molar-refractivity contribution in [1.82, 2.24) is 5.32 Å². The van der Waals surface area contributed by atoms with Gasteiger partial charge in [-0.05, 0) is 43.1 Å². The van der Waals surface area contributed by atoms with E-state index in [2.05, 4.69) is 5.32 Å². The minimum atomic E-state index is -4.49. The van der Waals surface area contributed by atoms with Crippen LogP contribution in [0.25, 0.3) is 0 Å². The van der Waals surface area contributed by atoms with Crippen LogP contribution in [0.3, 0.4) is 0 Å². The summed E-state index contributed by atoms with van der Waals surface area (Å²) in [5, 5.41) is 3.11. The van der Waals surface area contributed by atoms with Crippen LogP contribution in [0.4, 0.5) is 17.6 Å². The first-order valence-electron chi connectivity index (χ1n) is 5.58. The third kappa shape index (κ3) is 2.97. The quantitative estimate of drug-likeness (QED) is 0.747. The number of hydrogen-bond donors (Lipinski definition) is 1. The molecule has 1 N–H and O–H groups in total. The van der Waals surface area contributed by atoms with Gasteiger partial charge in [-0.2, -0.15) is 13.2 Å². The van der Waals surface area contributed by atoms with E-state index in [-0.39, 0.29) is 6.04 Å². The van der Waals surface area contributed by atoms with Crippen molar-refractivity contribution in [2.45, 2.75) is 31.5 Å². The Hall–Kier alpha value is -1.10. The van der Waals surface area contributed by atoms with Gasteiger partial charge in [0.25, 0.3) is 0 Å². The van der Waals surface area contributed by atoms with Gasteiger partial charge in [-0.25, -0.2) is 4.39 Å². The largest absolute Gasteiger partial charge is 0.416 e. The summed E-state index contributed by atoms with van der Waals surface area (Å²) < 4.78 is 50.8. The highest BCUT2D eigenvalue weighted by Crippen LogP contribution is 2.33. The Morgan fingerprint density at radius 1 is 1.12 bits per heavy atom. The van der Waals surface area contributed by atoms with Crippen LogP contribution in [0, 0.1) is 5.82 Å². The number of piperidine rings is 1. The molecular weight excluding hydrogens is 234 g/mol. The number of hydrogen-bond acceptors (Lipinski definition) is 1. The maximum atomic E-state index is 13.2. The average molecular weight is 247 g/mol. The summed E-state index contributed by atoms with van der Waals surface area (Å²) in [6.45, 7) is 0.766. The van der Waals surface area contributed by atoms with Crippen LogP contribution in [-0.2, 0) is 6.18 Å². The second kappa shape index (κ2) is 4.64. The molecular formula is C12H13F4N. The van der Waals surface area contributed by atoms with Crippen molar-refractivity contribution < 1.29 is 17.6 Å². The number of halogens is 4. The zero-order chi connectivity index (χ0) is 12.5. The Kier molecular flexibility index (Phi) is 3.38. The fourth-order valence-corrected chi connectivity index (χ4v) is 2.11. The van der Waals surface area contributed by atoms with Crippen LogP contribution in [-0.4, -0.2) is 6.54 Å². The van der Waals surface area contributed by atoms with E-state index in [4.69, 9.17) is 0 Å². The van der Waals surface area contributed by atoms with Crippen LogP contribution in [0.1, 0.15) is 36.4 Å². The van der Waals surface area contributed by atoms with Gasteiger partial charge in [0.15, 0.2) is 0 Å². The second-order valence-corrected chi connectivity index (χ2v) is 4.27. The normalized spacial score (nSPS) is 21.5. The third-order valence-corrected chi connectivity index (χ3v) is 2.96. The smallest absolute Gasteiger partial charge is 0.310 e. The summed E-state index contributed by atoms with van der Waals surface area (Å²) in [7, 11) is 0. The molecule has 94 valence electrons. The van der Waals surface area contributed by atoms with Gasteiger partial charge in [-0.1, -0.05) is 6.42 Å². The summed E-state index contributed by atoms with van der Waals surface area (Å²) in [4.78, 5) is 0. The first-order valence-corrected chi connectivity index (χ1v) is 5.58. The van der Waals surface area contributed by atoms with Gasteiger partial charge in [0.1, 0.15) is 5.82 Å². The molecule has 1 fully saturated rings. The minimum Gasteiger partial charge on any atom is -0.310 e. The summed E-state index contributed by atoms with van der Waals surface area (Å²) in [6, 6.07) is 2.58. The monoisotopic (exact) mass is 247 g/mol. The van der Waals surface area contributed by atoms with Crippen molar-refractivity contribution >= 4 is 0 Å². The molecule has 0 saturated carbocycles. The minimum absolute atomic E-state index is 0.166. The van der Waals surface area contributed by atoms with E-state index in [0.29, 0.717) is 11.6 Å². The molecule has 0 aromatic heterocycles. The third-order valence-electron chi connectivity index (χ3n) is 2.96. The van der Waals surface area contributed by atoms with Crippen molar-refractivity contribution in [3.63, 3.8) is 0 Å². The highest BCUT2D eigenvalue weighted by molar-refractivity contribution is 5.29. The van der Waals surface area contributed by atoms with Crippen molar-refractivity contribution in [2.24, 2.45) is 0 Å². The number of rotatable bonds is 1. The van der Waals surface area contributed by atoms with E-state index in [1.165, 1.54) is 6.07 Å². The van der Waals surface area contributed by atoms with Gasteiger partial charge in [-0.3, -0.25) is 0 Å². The van der Waals surface area contributed by atoms with Crippen LogP contribution < -0.4 is 5.32 Å². The summed E-state index contributed by atoms with van der Waals surface area (Å²) >= 11 is 0. The predicted octanol–water partition coefficient (Wildman–Crippen LogP) is 3.66. The van der Waals surface area contributed by atoms with Gasteiger partial charge in [0.05, 0.1) is 5.56 Å². The fourth-order valence-electron chi connectivity index (χ4n) is 2.11. The lowest BCUT2D eigenvalue weighted by Gasteiger charge is -2.24. The van der Waals surface area contributed by atoms with Crippen LogP contribution in [0.2, 0.25) is 0 Å². The Balaban J connectivity index is 2.31. The lowest BCUT2D eigenvalue weighted by atomic mass is 9.96. The van der Waals surface area contributed by atoms with Gasteiger partial charge in [0.2, 0.25) is 0 Å². The molecule has 0 radical (unpaired) electrons. The summed E-state index contributed by atoms with van der Waals surface area (Å²) in [5.41, 5.74) is -0.531. The Bertz CT molecular complexity index is 394. The fraction of sp³-hybridized carbons (Fsp3) is 0.500. The van der Waals surface area contributed by atoms with E-state index in [1.807, 2.05) is 0 Å². The standard InChI is InChI=1S/C12H13F4N/c13-10-6-8(11-3-1-2-4-17-11)5-9(7-10)12(14,15)16/h5-7,11,17H,1-4H2/t11-/m0/s1. The Morgan fingerprint density at radius 2 is 1.88 bits per heavy atom. The van der Waals surface area contributed by atoms with Crippen molar-refractivity contribution in [3.05, 3.63) is 35.1 Å². The number of nitrogens with one attached hydrogen (secondary N) is 1. The molecule has 0 unspecified atom stereocenters. The topological polar surface area (TPSA) is 12.0 Å². The summed E-state index contributed by atoms with van der Waals surface area (Å²) in [5.74, 6) is -0.831. The molecule has 1 atom stereocenters.